The average Bonchev–Trinajstić information content (AvgIpc) is 2.09. The van der Waals surface area contributed by atoms with Gasteiger partial charge in [-0.1, -0.05) is 34.1 Å². The molecule has 1 aromatic carbocycles. The van der Waals surface area contributed by atoms with Crippen molar-refractivity contribution in [2.45, 2.75) is 19.4 Å². The molecule has 0 fully saturated rings. The van der Waals surface area contributed by atoms with Gasteiger partial charge in [0, 0.05) is 11.6 Å². The lowest BCUT2D eigenvalue weighted by Gasteiger charge is -2.10. The third kappa shape index (κ3) is 2.61. The highest BCUT2D eigenvalue weighted by atomic mass is 79.9. The van der Waals surface area contributed by atoms with Gasteiger partial charge in [-0.15, -0.1) is 0 Å². The van der Waals surface area contributed by atoms with Crippen LogP contribution in [0.25, 0.3) is 0 Å². The van der Waals surface area contributed by atoms with Crippen molar-refractivity contribution in [2.24, 2.45) is 0 Å². The molecule has 1 atom stereocenters. The summed E-state index contributed by atoms with van der Waals surface area (Å²) in [5.41, 5.74) is 1.30. The molecule has 2 heteroatoms. The number of halogens is 1. The van der Waals surface area contributed by atoms with E-state index in [4.69, 9.17) is 4.74 Å². The highest BCUT2D eigenvalue weighted by Gasteiger charge is 2.03. The van der Waals surface area contributed by atoms with Crippen LogP contribution in [0.5, 0.6) is 0 Å². The molecule has 12 heavy (non-hydrogen) atoms. The highest BCUT2D eigenvalue weighted by Crippen LogP contribution is 2.17. The Morgan fingerprint density at radius 1 is 1.42 bits per heavy atom. The van der Waals surface area contributed by atoms with Crippen LogP contribution in [0.4, 0.5) is 0 Å². The van der Waals surface area contributed by atoms with Crippen molar-refractivity contribution in [1.29, 1.82) is 0 Å². The summed E-state index contributed by atoms with van der Waals surface area (Å²) >= 11 is 3.50. The molecule has 0 bridgehead atoms. The molecule has 0 radical (unpaired) electrons. The van der Waals surface area contributed by atoms with Crippen LogP contribution in [0, 0.1) is 0 Å². The van der Waals surface area contributed by atoms with E-state index in [-0.39, 0.29) is 6.10 Å². The van der Waals surface area contributed by atoms with E-state index in [2.05, 4.69) is 35.0 Å². The second-order valence-corrected chi connectivity index (χ2v) is 3.70. The van der Waals surface area contributed by atoms with E-state index in [0.717, 1.165) is 10.9 Å². The molecule has 0 saturated heterocycles. The smallest absolute Gasteiger partial charge is 0.0583 e. The Labute approximate surface area is 81.9 Å². The molecule has 1 rings (SSSR count). The first-order valence-corrected chi connectivity index (χ1v) is 4.79. The van der Waals surface area contributed by atoms with Crippen molar-refractivity contribution in [1.82, 2.24) is 0 Å². The number of benzene rings is 1. The predicted molar refractivity (Wildman–Crippen MR) is 54.3 cm³/mol. The molecule has 0 aromatic heterocycles. The van der Waals surface area contributed by atoms with Crippen molar-refractivity contribution in [3.05, 3.63) is 34.3 Å². The van der Waals surface area contributed by atoms with Gasteiger partial charge in [0.2, 0.25) is 0 Å². The van der Waals surface area contributed by atoms with Gasteiger partial charge in [0.25, 0.3) is 0 Å². The van der Waals surface area contributed by atoms with Crippen LogP contribution in [0.3, 0.4) is 0 Å². The van der Waals surface area contributed by atoms with Crippen LogP contribution in [0.2, 0.25) is 0 Å². The molecular formula is C10H13BrO. The summed E-state index contributed by atoms with van der Waals surface area (Å²) in [5.74, 6) is 0. The van der Waals surface area contributed by atoms with E-state index in [1.54, 1.807) is 7.11 Å². The van der Waals surface area contributed by atoms with Gasteiger partial charge in [-0.2, -0.15) is 0 Å². The molecule has 66 valence electrons. The van der Waals surface area contributed by atoms with Crippen LogP contribution >= 0.6 is 15.9 Å². The zero-order valence-electron chi connectivity index (χ0n) is 7.38. The number of methoxy groups -OCH3 is 1. The summed E-state index contributed by atoms with van der Waals surface area (Å²) in [6.07, 6.45) is 1.24. The van der Waals surface area contributed by atoms with Crippen LogP contribution in [0.15, 0.2) is 28.7 Å². The van der Waals surface area contributed by atoms with Gasteiger partial charge in [0.1, 0.15) is 0 Å². The molecule has 1 unspecified atom stereocenters. The van der Waals surface area contributed by atoms with Crippen molar-refractivity contribution in [2.75, 3.05) is 7.11 Å². The molecule has 0 saturated carbocycles. The lowest BCUT2D eigenvalue weighted by atomic mass is 10.1. The van der Waals surface area contributed by atoms with E-state index >= 15 is 0 Å². The van der Waals surface area contributed by atoms with Gasteiger partial charge < -0.3 is 4.74 Å². The molecule has 0 aliphatic heterocycles. The van der Waals surface area contributed by atoms with Crippen LogP contribution in [-0.2, 0) is 11.2 Å². The minimum Gasteiger partial charge on any atom is -0.381 e. The fraction of sp³-hybridized carbons (Fsp3) is 0.400. The van der Waals surface area contributed by atoms with Crippen LogP contribution in [-0.4, -0.2) is 13.2 Å². The van der Waals surface area contributed by atoms with Gasteiger partial charge in [0.05, 0.1) is 6.10 Å². The molecule has 0 aliphatic carbocycles. The normalized spacial score (nSPS) is 12.9. The lowest BCUT2D eigenvalue weighted by Crippen LogP contribution is -2.08. The third-order valence-electron chi connectivity index (χ3n) is 1.87. The molecule has 0 spiro atoms. The van der Waals surface area contributed by atoms with E-state index in [9.17, 15) is 0 Å². The number of hydrogen-bond acceptors (Lipinski definition) is 1. The van der Waals surface area contributed by atoms with Crippen LogP contribution < -0.4 is 0 Å². The predicted octanol–water partition coefficient (Wildman–Crippen LogP) is 3.03. The maximum absolute atomic E-state index is 5.19. The minimum absolute atomic E-state index is 0.281. The van der Waals surface area contributed by atoms with Gasteiger partial charge >= 0.3 is 0 Å². The fourth-order valence-electron chi connectivity index (χ4n) is 1.06. The Morgan fingerprint density at radius 2 is 2.08 bits per heavy atom. The molecule has 1 aromatic rings. The molecule has 0 N–H and O–H groups in total. The summed E-state index contributed by atoms with van der Waals surface area (Å²) in [4.78, 5) is 0. The fourth-order valence-corrected chi connectivity index (χ4v) is 1.50. The highest BCUT2D eigenvalue weighted by molar-refractivity contribution is 9.10. The summed E-state index contributed by atoms with van der Waals surface area (Å²) in [7, 11) is 1.74. The second-order valence-electron chi connectivity index (χ2n) is 2.84. The number of ether oxygens (including phenoxy) is 1. The van der Waals surface area contributed by atoms with Crippen molar-refractivity contribution < 1.29 is 4.74 Å². The molecule has 0 aliphatic rings. The second kappa shape index (κ2) is 4.63. The van der Waals surface area contributed by atoms with Gasteiger partial charge in [-0.25, -0.2) is 0 Å². The van der Waals surface area contributed by atoms with E-state index in [0.29, 0.717) is 0 Å². The minimum atomic E-state index is 0.281. The molecule has 0 heterocycles. The monoisotopic (exact) mass is 228 g/mol. The maximum atomic E-state index is 5.19. The Bertz CT molecular complexity index is 247. The Balaban J connectivity index is 2.69. The topological polar surface area (TPSA) is 9.23 Å². The average molecular weight is 229 g/mol. The lowest BCUT2D eigenvalue weighted by molar-refractivity contribution is 0.118. The number of hydrogen-bond donors (Lipinski definition) is 0. The first-order chi connectivity index (χ1) is 5.74. The first-order valence-electron chi connectivity index (χ1n) is 4.00. The van der Waals surface area contributed by atoms with E-state index < -0.39 is 0 Å². The van der Waals surface area contributed by atoms with Gasteiger partial charge in [-0.3, -0.25) is 0 Å². The summed E-state index contributed by atoms with van der Waals surface area (Å²) in [6.45, 7) is 2.07. The van der Waals surface area contributed by atoms with Crippen molar-refractivity contribution >= 4 is 15.9 Å². The Hall–Kier alpha value is -0.340. The Kier molecular flexibility index (Phi) is 3.76. The third-order valence-corrected chi connectivity index (χ3v) is 2.64. The molecule has 1 nitrogen and oxygen atoms in total. The van der Waals surface area contributed by atoms with Gasteiger partial charge in [-0.05, 0) is 25.0 Å². The molecular weight excluding hydrogens is 216 g/mol. The van der Waals surface area contributed by atoms with Crippen molar-refractivity contribution in [3.8, 4) is 0 Å². The summed E-state index contributed by atoms with van der Waals surface area (Å²) in [6, 6.07) is 8.23. The summed E-state index contributed by atoms with van der Waals surface area (Å²) in [5, 5.41) is 0. The zero-order chi connectivity index (χ0) is 8.97. The number of rotatable bonds is 3. The molecule has 0 amide bonds. The largest absolute Gasteiger partial charge is 0.381 e. The van der Waals surface area contributed by atoms with E-state index in [1.807, 2.05) is 12.1 Å². The van der Waals surface area contributed by atoms with Crippen LogP contribution in [0.1, 0.15) is 12.5 Å². The summed E-state index contributed by atoms with van der Waals surface area (Å²) < 4.78 is 6.35. The maximum Gasteiger partial charge on any atom is 0.0583 e. The quantitative estimate of drug-likeness (QED) is 0.774. The SMILES string of the molecule is COC(C)Cc1ccccc1Br. The first kappa shape index (κ1) is 9.75. The zero-order valence-corrected chi connectivity index (χ0v) is 8.97. The van der Waals surface area contributed by atoms with Gasteiger partial charge in [0.15, 0.2) is 0 Å². The standard InChI is InChI=1S/C10H13BrO/c1-8(12-2)7-9-5-3-4-6-10(9)11/h3-6,8H,7H2,1-2H3. The van der Waals surface area contributed by atoms with Crippen molar-refractivity contribution in [3.63, 3.8) is 0 Å². The van der Waals surface area contributed by atoms with E-state index in [1.165, 1.54) is 5.56 Å². The Morgan fingerprint density at radius 3 is 2.67 bits per heavy atom.